The number of esters is 1. The third kappa shape index (κ3) is 4.37. The van der Waals surface area contributed by atoms with Crippen LogP contribution in [0.4, 0.5) is 0 Å². The molecular weight excluding hydrogens is 386 g/mol. The molecule has 0 aliphatic carbocycles. The highest BCUT2D eigenvalue weighted by Crippen LogP contribution is 2.43. The van der Waals surface area contributed by atoms with E-state index in [0.29, 0.717) is 12.1 Å². The van der Waals surface area contributed by atoms with Crippen LogP contribution in [0.2, 0.25) is 0 Å². The molecule has 1 aliphatic rings. The number of carbonyl (C=O) groups excluding carboxylic acids is 1. The summed E-state index contributed by atoms with van der Waals surface area (Å²) in [5, 5.41) is 0. The largest absolute Gasteiger partial charge is 0.465 e. The molecule has 0 saturated carbocycles. The minimum atomic E-state index is -0.302. The molecule has 2 aromatic heterocycles. The van der Waals surface area contributed by atoms with Crippen molar-refractivity contribution in [3.8, 4) is 0 Å². The third-order valence-electron chi connectivity index (χ3n) is 6.26. The van der Waals surface area contributed by atoms with E-state index in [1.54, 1.807) is 0 Å². The van der Waals surface area contributed by atoms with Gasteiger partial charge in [0.05, 0.1) is 36.1 Å². The fraction of sp³-hybridized carbons (Fsp3) is 0.346. The quantitative estimate of drug-likeness (QED) is 0.526. The van der Waals surface area contributed by atoms with Gasteiger partial charge in [0.25, 0.3) is 0 Å². The lowest BCUT2D eigenvalue weighted by atomic mass is 9.88. The standard InChI is InChI=1S/C26H29N3O2/c1-18-9-7-15-27-24(18)22-13-6-14-23(25-19(2)10-8-16-28-25)29(22)17-20-11-4-5-12-21(20)26(30)31-3/h4-5,7-12,15-16,22-23H,6,13-14,17H2,1-3H3. The summed E-state index contributed by atoms with van der Waals surface area (Å²) < 4.78 is 5.05. The number of methoxy groups -OCH3 is 1. The van der Waals surface area contributed by atoms with E-state index in [2.05, 4.69) is 30.9 Å². The maximum atomic E-state index is 12.4. The zero-order valence-electron chi connectivity index (χ0n) is 18.4. The molecule has 0 bridgehead atoms. The van der Waals surface area contributed by atoms with Crippen molar-refractivity contribution in [2.24, 2.45) is 0 Å². The summed E-state index contributed by atoms with van der Waals surface area (Å²) in [5.74, 6) is -0.302. The van der Waals surface area contributed by atoms with Crippen molar-refractivity contribution in [2.45, 2.75) is 51.7 Å². The number of aromatic nitrogens is 2. The Labute approximate surface area is 184 Å². The Bertz CT molecular complexity index is 1010. The molecule has 5 heteroatoms. The summed E-state index contributed by atoms with van der Waals surface area (Å²) in [6.45, 7) is 4.88. The molecule has 160 valence electrons. The lowest BCUT2D eigenvalue weighted by molar-refractivity contribution is 0.0574. The van der Waals surface area contributed by atoms with Crippen LogP contribution in [-0.2, 0) is 11.3 Å². The molecule has 5 nitrogen and oxygen atoms in total. The van der Waals surface area contributed by atoms with Crippen molar-refractivity contribution in [3.63, 3.8) is 0 Å². The molecule has 2 atom stereocenters. The van der Waals surface area contributed by atoms with Crippen LogP contribution in [0, 0.1) is 13.8 Å². The van der Waals surface area contributed by atoms with E-state index >= 15 is 0 Å². The minimum Gasteiger partial charge on any atom is -0.465 e. The second-order valence-corrected chi connectivity index (χ2v) is 8.19. The van der Waals surface area contributed by atoms with Crippen molar-refractivity contribution in [1.82, 2.24) is 14.9 Å². The number of hydrogen-bond acceptors (Lipinski definition) is 5. The van der Waals surface area contributed by atoms with Crippen molar-refractivity contribution >= 4 is 5.97 Å². The van der Waals surface area contributed by atoms with Crippen LogP contribution in [0.1, 0.15) is 69.8 Å². The lowest BCUT2D eigenvalue weighted by Crippen LogP contribution is -2.37. The topological polar surface area (TPSA) is 55.3 Å². The van der Waals surface area contributed by atoms with E-state index in [-0.39, 0.29) is 18.1 Å². The first-order chi connectivity index (χ1) is 15.1. The van der Waals surface area contributed by atoms with Gasteiger partial charge in [0.15, 0.2) is 0 Å². The molecule has 0 N–H and O–H groups in total. The number of benzene rings is 1. The SMILES string of the molecule is COC(=O)c1ccccc1CN1C(c2ncccc2C)CCCC1c1ncccc1C. The second-order valence-electron chi connectivity index (χ2n) is 8.19. The van der Waals surface area contributed by atoms with E-state index < -0.39 is 0 Å². The molecule has 1 aromatic carbocycles. The summed E-state index contributed by atoms with van der Waals surface area (Å²) in [5.41, 5.74) is 6.18. The molecule has 1 fully saturated rings. The predicted molar refractivity (Wildman–Crippen MR) is 121 cm³/mol. The van der Waals surface area contributed by atoms with Crippen LogP contribution < -0.4 is 0 Å². The Hall–Kier alpha value is -3.05. The normalized spacial score (nSPS) is 19.2. The highest BCUT2D eigenvalue weighted by atomic mass is 16.5. The molecule has 1 saturated heterocycles. The number of aryl methyl sites for hydroxylation is 2. The number of carbonyl (C=O) groups is 1. The van der Waals surface area contributed by atoms with Gasteiger partial charge in [-0.05, 0) is 68.0 Å². The fourth-order valence-electron chi connectivity index (χ4n) is 4.72. The Morgan fingerprint density at radius 2 is 1.52 bits per heavy atom. The van der Waals surface area contributed by atoms with Gasteiger partial charge in [-0.25, -0.2) is 4.79 Å². The Balaban J connectivity index is 1.80. The van der Waals surface area contributed by atoms with Gasteiger partial charge in [-0.3, -0.25) is 14.9 Å². The number of piperidine rings is 1. The van der Waals surface area contributed by atoms with Crippen LogP contribution in [0.3, 0.4) is 0 Å². The van der Waals surface area contributed by atoms with Crippen molar-refractivity contribution in [2.75, 3.05) is 7.11 Å². The van der Waals surface area contributed by atoms with Gasteiger partial charge in [0.1, 0.15) is 0 Å². The van der Waals surface area contributed by atoms with Crippen LogP contribution in [0.25, 0.3) is 0 Å². The van der Waals surface area contributed by atoms with E-state index in [9.17, 15) is 4.79 Å². The number of pyridine rings is 2. The molecule has 0 spiro atoms. The number of nitrogens with zero attached hydrogens (tertiary/aromatic N) is 3. The lowest BCUT2D eigenvalue weighted by Gasteiger charge is -2.42. The van der Waals surface area contributed by atoms with Crippen molar-refractivity contribution in [3.05, 3.63) is 94.6 Å². The van der Waals surface area contributed by atoms with E-state index in [4.69, 9.17) is 14.7 Å². The maximum Gasteiger partial charge on any atom is 0.338 e. The van der Waals surface area contributed by atoms with Gasteiger partial charge in [-0.15, -0.1) is 0 Å². The summed E-state index contributed by atoms with van der Waals surface area (Å²) in [7, 11) is 1.43. The predicted octanol–water partition coefficient (Wildman–Crippen LogP) is 5.35. The van der Waals surface area contributed by atoms with Crippen LogP contribution in [0.15, 0.2) is 60.9 Å². The monoisotopic (exact) mass is 415 g/mol. The maximum absolute atomic E-state index is 12.4. The zero-order valence-corrected chi connectivity index (χ0v) is 18.4. The number of hydrogen-bond donors (Lipinski definition) is 0. The fourth-order valence-corrected chi connectivity index (χ4v) is 4.72. The van der Waals surface area contributed by atoms with Gasteiger partial charge in [-0.2, -0.15) is 0 Å². The van der Waals surface area contributed by atoms with Gasteiger partial charge in [0.2, 0.25) is 0 Å². The van der Waals surface area contributed by atoms with Crippen LogP contribution >= 0.6 is 0 Å². The Morgan fingerprint density at radius 1 is 0.935 bits per heavy atom. The average Bonchev–Trinajstić information content (AvgIpc) is 2.80. The van der Waals surface area contributed by atoms with Crippen LogP contribution in [-0.4, -0.2) is 27.9 Å². The highest BCUT2D eigenvalue weighted by Gasteiger charge is 2.35. The summed E-state index contributed by atoms with van der Waals surface area (Å²) in [6, 6.07) is 16.3. The molecule has 3 heterocycles. The van der Waals surface area contributed by atoms with Crippen molar-refractivity contribution in [1.29, 1.82) is 0 Å². The molecule has 31 heavy (non-hydrogen) atoms. The number of ether oxygens (including phenoxy) is 1. The zero-order chi connectivity index (χ0) is 21.8. The smallest absolute Gasteiger partial charge is 0.338 e. The first-order valence-electron chi connectivity index (χ1n) is 10.8. The van der Waals surface area contributed by atoms with E-state index in [0.717, 1.165) is 36.2 Å². The van der Waals surface area contributed by atoms with E-state index in [1.165, 1.54) is 18.2 Å². The molecule has 1 aliphatic heterocycles. The molecule has 0 radical (unpaired) electrons. The Kier molecular flexibility index (Phi) is 6.42. The summed E-state index contributed by atoms with van der Waals surface area (Å²) >= 11 is 0. The van der Waals surface area contributed by atoms with Gasteiger partial charge in [-0.1, -0.05) is 30.3 Å². The van der Waals surface area contributed by atoms with E-state index in [1.807, 2.05) is 48.8 Å². The molecule has 2 unspecified atom stereocenters. The van der Waals surface area contributed by atoms with Gasteiger partial charge >= 0.3 is 5.97 Å². The van der Waals surface area contributed by atoms with Gasteiger partial charge in [0, 0.05) is 18.9 Å². The first kappa shape index (κ1) is 21.2. The highest BCUT2D eigenvalue weighted by molar-refractivity contribution is 5.90. The summed E-state index contributed by atoms with van der Waals surface area (Å²) in [6.07, 6.45) is 6.91. The summed E-state index contributed by atoms with van der Waals surface area (Å²) in [4.78, 5) is 24.4. The Morgan fingerprint density at radius 3 is 2.06 bits per heavy atom. The minimum absolute atomic E-state index is 0.159. The number of rotatable bonds is 5. The first-order valence-corrected chi connectivity index (χ1v) is 10.8. The average molecular weight is 416 g/mol. The van der Waals surface area contributed by atoms with Crippen molar-refractivity contribution < 1.29 is 9.53 Å². The second kappa shape index (κ2) is 9.40. The molecular formula is C26H29N3O2. The number of likely N-dealkylation sites (tertiary alicyclic amines) is 1. The third-order valence-corrected chi connectivity index (χ3v) is 6.26. The molecule has 3 aromatic rings. The molecule has 4 rings (SSSR count). The van der Waals surface area contributed by atoms with Gasteiger partial charge < -0.3 is 4.74 Å². The van der Waals surface area contributed by atoms with Crippen LogP contribution in [0.5, 0.6) is 0 Å². The molecule has 0 amide bonds.